The predicted octanol–water partition coefficient (Wildman–Crippen LogP) is 1.52. The lowest BCUT2D eigenvalue weighted by Crippen LogP contribution is -2.11. The molecule has 0 fully saturated rings. The first kappa shape index (κ1) is 13.7. The third kappa shape index (κ3) is 3.06. The maximum atomic E-state index is 5.49. The zero-order valence-corrected chi connectivity index (χ0v) is 12.6. The highest BCUT2D eigenvalue weighted by Crippen LogP contribution is 2.20. The van der Waals surface area contributed by atoms with Crippen LogP contribution < -0.4 is 11.3 Å². The molecular weight excluding hydrogens is 286 g/mol. The summed E-state index contributed by atoms with van der Waals surface area (Å²) in [6, 6.07) is 1.80. The van der Waals surface area contributed by atoms with Gasteiger partial charge in [-0.05, 0) is 6.92 Å². The van der Waals surface area contributed by atoms with Crippen molar-refractivity contribution in [1.29, 1.82) is 0 Å². The van der Waals surface area contributed by atoms with Crippen molar-refractivity contribution in [2.24, 2.45) is 12.9 Å². The van der Waals surface area contributed by atoms with Crippen molar-refractivity contribution in [3.8, 4) is 11.3 Å². The molecule has 3 aromatic rings. The molecule has 0 aliphatic carbocycles. The lowest BCUT2D eigenvalue weighted by molar-refractivity contribution is 0.768. The van der Waals surface area contributed by atoms with Crippen LogP contribution >= 0.6 is 11.3 Å². The quantitative estimate of drug-likeness (QED) is 0.560. The number of hydrazine groups is 1. The molecule has 3 rings (SSSR count). The van der Waals surface area contributed by atoms with Crippen molar-refractivity contribution >= 4 is 17.2 Å². The molecule has 3 aromatic heterocycles. The van der Waals surface area contributed by atoms with Gasteiger partial charge in [0.15, 0.2) is 0 Å². The van der Waals surface area contributed by atoms with Crippen LogP contribution in [0.15, 0.2) is 23.8 Å². The molecule has 0 radical (unpaired) electrons. The number of hydrogen-bond acceptors (Lipinski definition) is 7. The van der Waals surface area contributed by atoms with Gasteiger partial charge in [0.1, 0.15) is 16.6 Å². The van der Waals surface area contributed by atoms with Crippen molar-refractivity contribution in [3.63, 3.8) is 0 Å². The summed E-state index contributed by atoms with van der Waals surface area (Å²) in [7, 11) is 1.87. The molecule has 3 N–H and O–H groups in total. The van der Waals surface area contributed by atoms with Gasteiger partial charge in [0.05, 0.1) is 18.3 Å². The molecule has 0 atom stereocenters. The van der Waals surface area contributed by atoms with Crippen molar-refractivity contribution in [3.05, 3.63) is 40.4 Å². The van der Waals surface area contributed by atoms with Crippen LogP contribution in [-0.4, -0.2) is 24.7 Å². The van der Waals surface area contributed by atoms with Gasteiger partial charge in [0, 0.05) is 35.9 Å². The average molecular weight is 301 g/mol. The Morgan fingerprint density at radius 3 is 2.81 bits per heavy atom. The van der Waals surface area contributed by atoms with E-state index in [1.54, 1.807) is 28.3 Å². The Bertz CT molecular complexity index is 761. The van der Waals surface area contributed by atoms with Crippen molar-refractivity contribution in [1.82, 2.24) is 24.7 Å². The number of nitrogens with zero attached hydrogens (tertiary/aromatic N) is 5. The van der Waals surface area contributed by atoms with E-state index in [1.807, 2.05) is 25.5 Å². The molecule has 0 aliphatic rings. The minimum Gasteiger partial charge on any atom is -0.308 e. The Balaban J connectivity index is 1.96. The molecule has 0 aromatic carbocycles. The predicted molar refractivity (Wildman–Crippen MR) is 81.7 cm³/mol. The molecule has 0 saturated heterocycles. The van der Waals surface area contributed by atoms with Gasteiger partial charge in [-0.15, -0.1) is 11.3 Å². The Hall–Kier alpha value is -2.32. The standard InChI is InChI=1S/C13H15N7S/c1-8-7-21-13(16-8)4-11-17-10(3-12(18-11)19-14)9-5-15-20(2)6-9/h3,5-7H,4,14H2,1-2H3,(H,17,18,19). The third-order valence-corrected chi connectivity index (χ3v) is 3.86. The highest BCUT2D eigenvalue weighted by Gasteiger charge is 2.10. The molecule has 0 aliphatic heterocycles. The van der Waals surface area contributed by atoms with Gasteiger partial charge in [0.25, 0.3) is 0 Å². The molecule has 0 unspecified atom stereocenters. The normalized spacial score (nSPS) is 10.8. The van der Waals surface area contributed by atoms with Crippen molar-refractivity contribution in [2.45, 2.75) is 13.3 Å². The maximum absolute atomic E-state index is 5.49. The van der Waals surface area contributed by atoms with Gasteiger partial charge >= 0.3 is 0 Å². The van der Waals surface area contributed by atoms with Crippen LogP contribution in [0, 0.1) is 6.92 Å². The van der Waals surface area contributed by atoms with Crippen LogP contribution in [0.25, 0.3) is 11.3 Å². The first-order chi connectivity index (χ1) is 10.1. The zero-order valence-electron chi connectivity index (χ0n) is 11.7. The monoisotopic (exact) mass is 301 g/mol. The second kappa shape index (κ2) is 5.58. The van der Waals surface area contributed by atoms with E-state index in [4.69, 9.17) is 5.84 Å². The van der Waals surface area contributed by atoms with Crippen LogP contribution in [0.3, 0.4) is 0 Å². The smallest absolute Gasteiger partial charge is 0.144 e. The van der Waals surface area contributed by atoms with E-state index < -0.39 is 0 Å². The SMILES string of the molecule is Cc1csc(Cc2nc(NN)cc(-c3cnn(C)c3)n2)n1. The van der Waals surface area contributed by atoms with E-state index in [2.05, 4.69) is 25.5 Å². The molecule has 0 spiro atoms. The average Bonchev–Trinajstić information content (AvgIpc) is 3.07. The highest BCUT2D eigenvalue weighted by atomic mass is 32.1. The third-order valence-electron chi connectivity index (χ3n) is 2.90. The summed E-state index contributed by atoms with van der Waals surface area (Å²) in [6.07, 6.45) is 4.25. The van der Waals surface area contributed by atoms with Crippen molar-refractivity contribution in [2.75, 3.05) is 5.43 Å². The molecule has 0 saturated carbocycles. The molecule has 8 heteroatoms. The molecule has 0 amide bonds. The minimum absolute atomic E-state index is 0.576. The number of nitrogens with one attached hydrogen (secondary N) is 1. The van der Waals surface area contributed by atoms with Crippen LogP contribution in [0.1, 0.15) is 16.5 Å². The summed E-state index contributed by atoms with van der Waals surface area (Å²) in [5.41, 5.74) is 5.30. The molecule has 21 heavy (non-hydrogen) atoms. The van der Waals surface area contributed by atoms with E-state index >= 15 is 0 Å². The zero-order chi connectivity index (χ0) is 14.8. The Labute approximate surface area is 125 Å². The molecule has 3 heterocycles. The lowest BCUT2D eigenvalue weighted by Gasteiger charge is -2.05. The van der Waals surface area contributed by atoms with E-state index in [-0.39, 0.29) is 0 Å². The summed E-state index contributed by atoms with van der Waals surface area (Å²) in [5.74, 6) is 6.75. The topological polar surface area (TPSA) is 94.5 Å². The van der Waals surface area contributed by atoms with E-state index in [1.165, 1.54) is 0 Å². The largest absolute Gasteiger partial charge is 0.308 e. The number of thiazole rings is 1. The summed E-state index contributed by atoms with van der Waals surface area (Å²) < 4.78 is 1.73. The molecular formula is C13H15N7S. The number of aromatic nitrogens is 5. The lowest BCUT2D eigenvalue weighted by atomic mass is 10.2. The van der Waals surface area contributed by atoms with Gasteiger partial charge in [0.2, 0.25) is 0 Å². The summed E-state index contributed by atoms with van der Waals surface area (Å²) in [4.78, 5) is 13.4. The van der Waals surface area contributed by atoms with Gasteiger partial charge in [-0.25, -0.2) is 20.8 Å². The van der Waals surface area contributed by atoms with Crippen LogP contribution in [0.2, 0.25) is 0 Å². The second-order valence-corrected chi connectivity index (χ2v) is 5.60. The fourth-order valence-electron chi connectivity index (χ4n) is 1.97. The van der Waals surface area contributed by atoms with Crippen LogP contribution in [0.5, 0.6) is 0 Å². The molecule has 0 bridgehead atoms. The molecule has 7 nitrogen and oxygen atoms in total. The summed E-state index contributed by atoms with van der Waals surface area (Å²) in [5, 5.41) is 7.16. The highest BCUT2D eigenvalue weighted by molar-refractivity contribution is 7.09. The van der Waals surface area contributed by atoms with E-state index in [0.717, 1.165) is 22.0 Å². The number of hydrogen-bond donors (Lipinski definition) is 2. The minimum atomic E-state index is 0.576. The van der Waals surface area contributed by atoms with Gasteiger partial charge in [-0.1, -0.05) is 0 Å². The number of aryl methyl sites for hydroxylation is 2. The number of rotatable bonds is 4. The first-order valence-corrected chi connectivity index (χ1v) is 7.26. The van der Waals surface area contributed by atoms with Crippen LogP contribution in [0.4, 0.5) is 5.82 Å². The summed E-state index contributed by atoms with van der Waals surface area (Å²) >= 11 is 1.60. The van der Waals surface area contributed by atoms with Crippen LogP contribution in [-0.2, 0) is 13.5 Å². The Morgan fingerprint density at radius 1 is 1.33 bits per heavy atom. The van der Waals surface area contributed by atoms with Crippen molar-refractivity contribution < 1.29 is 0 Å². The number of nitrogens with two attached hydrogens (primary N) is 1. The number of anilines is 1. The maximum Gasteiger partial charge on any atom is 0.144 e. The fraction of sp³-hybridized carbons (Fsp3) is 0.231. The van der Waals surface area contributed by atoms with E-state index in [0.29, 0.717) is 18.1 Å². The fourth-order valence-corrected chi connectivity index (χ4v) is 2.74. The Kier molecular flexibility index (Phi) is 3.63. The van der Waals surface area contributed by atoms with Gasteiger partial charge in [-0.3, -0.25) is 4.68 Å². The Morgan fingerprint density at radius 2 is 2.19 bits per heavy atom. The van der Waals surface area contributed by atoms with E-state index in [9.17, 15) is 0 Å². The molecule has 108 valence electrons. The first-order valence-electron chi connectivity index (χ1n) is 6.38. The van der Waals surface area contributed by atoms with Gasteiger partial charge < -0.3 is 5.43 Å². The summed E-state index contributed by atoms with van der Waals surface area (Å²) in [6.45, 7) is 1.97. The second-order valence-electron chi connectivity index (χ2n) is 4.66. The van der Waals surface area contributed by atoms with Gasteiger partial charge in [-0.2, -0.15) is 5.10 Å². The number of nitrogen functional groups attached to an aromatic ring is 1.